The lowest BCUT2D eigenvalue weighted by atomic mass is 9.95. The molecule has 7 nitrogen and oxygen atoms in total. The minimum Gasteiger partial charge on any atom is -0.491 e. The molecule has 1 aromatic heterocycles. The van der Waals surface area contributed by atoms with Gasteiger partial charge in [-0.25, -0.2) is 9.79 Å². The highest BCUT2D eigenvalue weighted by molar-refractivity contribution is 7.07. The maximum Gasteiger partial charge on any atom is 0.338 e. The van der Waals surface area contributed by atoms with E-state index in [1.165, 1.54) is 11.3 Å². The molecular weight excluding hydrogens is 524 g/mol. The molecule has 0 unspecified atom stereocenters. The summed E-state index contributed by atoms with van der Waals surface area (Å²) in [7, 11) is 0. The lowest BCUT2D eigenvalue weighted by Gasteiger charge is -2.26. The number of fused-ring (bicyclic) bond motifs is 1. The molecule has 0 N–H and O–H groups in total. The third-order valence-corrected chi connectivity index (χ3v) is 6.93. The SMILES string of the molecule is CCOC(=O)C1=C(C)N=c2s/c(=C\c3cc(Cl)ccc3OC(C)C)c(=O)n2[C@H]1c1ccccc1OC(C)C. The number of aromatic nitrogens is 1. The zero-order valence-electron chi connectivity index (χ0n) is 22.3. The van der Waals surface area contributed by atoms with Gasteiger partial charge in [-0.05, 0) is 71.9 Å². The lowest BCUT2D eigenvalue weighted by molar-refractivity contribution is -0.139. The zero-order chi connectivity index (χ0) is 27.6. The van der Waals surface area contributed by atoms with Gasteiger partial charge in [-0.1, -0.05) is 41.1 Å². The van der Waals surface area contributed by atoms with Crippen LogP contribution in [0.5, 0.6) is 11.5 Å². The molecule has 0 radical (unpaired) electrons. The predicted octanol–water partition coefficient (Wildman–Crippen LogP) is 5.03. The first-order chi connectivity index (χ1) is 18.1. The number of halogens is 1. The van der Waals surface area contributed by atoms with Gasteiger partial charge in [0.25, 0.3) is 5.56 Å². The summed E-state index contributed by atoms with van der Waals surface area (Å²) in [5.74, 6) is 0.682. The summed E-state index contributed by atoms with van der Waals surface area (Å²) >= 11 is 7.52. The minimum absolute atomic E-state index is 0.0585. The molecular formula is C29H31ClN2O5S. The van der Waals surface area contributed by atoms with Crippen LogP contribution in [0.1, 0.15) is 58.7 Å². The molecule has 0 saturated heterocycles. The van der Waals surface area contributed by atoms with E-state index >= 15 is 0 Å². The molecule has 0 fully saturated rings. The number of hydrogen-bond acceptors (Lipinski definition) is 7. The molecule has 2 heterocycles. The molecule has 0 aliphatic carbocycles. The Balaban J connectivity index is 1.98. The van der Waals surface area contributed by atoms with Gasteiger partial charge >= 0.3 is 5.97 Å². The van der Waals surface area contributed by atoms with E-state index in [0.29, 0.717) is 48.3 Å². The lowest BCUT2D eigenvalue weighted by Crippen LogP contribution is -2.40. The van der Waals surface area contributed by atoms with Crippen molar-refractivity contribution in [2.75, 3.05) is 6.61 Å². The van der Waals surface area contributed by atoms with Gasteiger partial charge in [0.05, 0.1) is 34.6 Å². The van der Waals surface area contributed by atoms with E-state index in [9.17, 15) is 9.59 Å². The van der Waals surface area contributed by atoms with Gasteiger partial charge in [0.15, 0.2) is 4.80 Å². The number of carbonyl (C=O) groups is 1. The van der Waals surface area contributed by atoms with Crippen molar-refractivity contribution in [3.05, 3.63) is 89.6 Å². The zero-order valence-corrected chi connectivity index (χ0v) is 23.9. The molecule has 1 atom stereocenters. The minimum atomic E-state index is -0.770. The first-order valence-corrected chi connectivity index (χ1v) is 13.7. The standard InChI is InChI=1S/C29H31ClN2O5S/c1-7-35-28(34)25-18(6)31-29-32(26(25)21-10-8-9-11-23(21)37-17(4)5)27(33)24(38-29)15-19-14-20(30)12-13-22(19)36-16(2)3/h8-17,26H,7H2,1-6H3/b24-15-/t26-/m0/s1. The van der Waals surface area contributed by atoms with Crippen LogP contribution in [0.2, 0.25) is 5.02 Å². The van der Waals surface area contributed by atoms with E-state index in [2.05, 4.69) is 4.99 Å². The summed E-state index contributed by atoms with van der Waals surface area (Å²) in [4.78, 5) is 32.3. The van der Waals surface area contributed by atoms with Crippen LogP contribution in [0.15, 0.2) is 63.5 Å². The molecule has 2 aromatic carbocycles. The Labute approximate surface area is 230 Å². The molecule has 1 aliphatic heterocycles. The van der Waals surface area contributed by atoms with E-state index in [1.807, 2.05) is 52.0 Å². The quantitative estimate of drug-likeness (QED) is 0.365. The topological polar surface area (TPSA) is 79.1 Å². The number of ether oxygens (including phenoxy) is 3. The fourth-order valence-electron chi connectivity index (χ4n) is 4.29. The van der Waals surface area contributed by atoms with Gasteiger partial charge < -0.3 is 14.2 Å². The molecule has 3 aromatic rings. The number of carbonyl (C=O) groups excluding carboxylic acids is 1. The molecule has 9 heteroatoms. The van der Waals surface area contributed by atoms with E-state index in [-0.39, 0.29) is 24.4 Å². The summed E-state index contributed by atoms with van der Waals surface area (Å²) in [6.45, 7) is 11.4. The summed E-state index contributed by atoms with van der Waals surface area (Å²) in [6, 6.07) is 12.0. The molecule has 0 bridgehead atoms. The maximum absolute atomic E-state index is 14.0. The van der Waals surface area contributed by atoms with Gasteiger partial charge in [0, 0.05) is 16.1 Å². The van der Waals surface area contributed by atoms with Crippen molar-refractivity contribution in [1.29, 1.82) is 0 Å². The Hall–Kier alpha value is -3.36. The van der Waals surface area contributed by atoms with Crippen molar-refractivity contribution < 1.29 is 19.0 Å². The Morgan fingerprint density at radius 2 is 1.79 bits per heavy atom. The monoisotopic (exact) mass is 554 g/mol. The average molecular weight is 555 g/mol. The smallest absolute Gasteiger partial charge is 0.338 e. The normalized spacial score (nSPS) is 15.5. The largest absolute Gasteiger partial charge is 0.491 e. The number of para-hydroxylation sites is 1. The first kappa shape index (κ1) is 27.7. The van der Waals surface area contributed by atoms with Gasteiger partial charge in [0.1, 0.15) is 17.5 Å². The van der Waals surface area contributed by atoms with Crippen LogP contribution < -0.4 is 24.4 Å². The van der Waals surface area contributed by atoms with E-state index in [0.717, 1.165) is 0 Å². The highest BCUT2D eigenvalue weighted by atomic mass is 35.5. The number of rotatable bonds is 8. The van der Waals surface area contributed by atoms with Crippen molar-refractivity contribution >= 4 is 35.0 Å². The van der Waals surface area contributed by atoms with Gasteiger partial charge in [-0.3, -0.25) is 9.36 Å². The van der Waals surface area contributed by atoms with Crippen LogP contribution in [0.4, 0.5) is 0 Å². The molecule has 0 amide bonds. The van der Waals surface area contributed by atoms with E-state index < -0.39 is 12.0 Å². The number of allylic oxidation sites excluding steroid dienone is 1. The summed E-state index contributed by atoms with van der Waals surface area (Å²) in [5, 5.41) is 0.526. The van der Waals surface area contributed by atoms with Crippen LogP contribution in [-0.2, 0) is 9.53 Å². The number of esters is 1. The van der Waals surface area contributed by atoms with E-state index in [4.69, 9.17) is 25.8 Å². The Morgan fingerprint density at radius 3 is 2.47 bits per heavy atom. The van der Waals surface area contributed by atoms with Crippen LogP contribution in [0, 0.1) is 0 Å². The van der Waals surface area contributed by atoms with Crippen molar-refractivity contribution in [2.24, 2.45) is 4.99 Å². The first-order valence-electron chi connectivity index (χ1n) is 12.5. The molecule has 0 saturated carbocycles. The Bertz CT molecular complexity index is 1570. The van der Waals surface area contributed by atoms with Gasteiger partial charge in [0.2, 0.25) is 0 Å². The third-order valence-electron chi connectivity index (χ3n) is 5.71. The number of benzene rings is 2. The Morgan fingerprint density at radius 1 is 1.11 bits per heavy atom. The molecule has 4 rings (SSSR count). The van der Waals surface area contributed by atoms with Crippen LogP contribution in [0.3, 0.4) is 0 Å². The van der Waals surface area contributed by atoms with Crippen LogP contribution in [0.25, 0.3) is 6.08 Å². The summed E-state index contributed by atoms with van der Waals surface area (Å²) in [6.07, 6.45) is 1.59. The fourth-order valence-corrected chi connectivity index (χ4v) is 5.51. The second-order valence-electron chi connectivity index (χ2n) is 9.36. The van der Waals surface area contributed by atoms with Crippen molar-refractivity contribution in [3.8, 4) is 11.5 Å². The third kappa shape index (κ3) is 5.71. The Kier molecular flexibility index (Phi) is 8.43. The van der Waals surface area contributed by atoms with Gasteiger partial charge in [-0.15, -0.1) is 0 Å². The highest BCUT2D eigenvalue weighted by Crippen LogP contribution is 2.36. The molecule has 0 spiro atoms. The predicted molar refractivity (Wildman–Crippen MR) is 150 cm³/mol. The van der Waals surface area contributed by atoms with E-state index in [1.54, 1.807) is 42.7 Å². The number of nitrogens with zero attached hydrogens (tertiary/aromatic N) is 2. The van der Waals surface area contributed by atoms with Crippen LogP contribution in [-0.4, -0.2) is 29.4 Å². The van der Waals surface area contributed by atoms with Crippen LogP contribution >= 0.6 is 22.9 Å². The highest BCUT2D eigenvalue weighted by Gasteiger charge is 2.35. The summed E-state index contributed by atoms with van der Waals surface area (Å²) < 4.78 is 19.4. The van der Waals surface area contributed by atoms with Gasteiger partial charge in [-0.2, -0.15) is 0 Å². The second-order valence-corrected chi connectivity index (χ2v) is 10.8. The number of thiazole rings is 1. The van der Waals surface area contributed by atoms with Crippen molar-refractivity contribution in [2.45, 2.75) is 59.8 Å². The maximum atomic E-state index is 14.0. The van der Waals surface area contributed by atoms with Crippen molar-refractivity contribution in [1.82, 2.24) is 4.57 Å². The van der Waals surface area contributed by atoms with Crippen molar-refractivity contribution in [3.63, 3.8) is 0 Å². The average Bonchev–Trinajstić information content (AvgIpc) is 3.14. The molecule has 1 aliphatic rings. The number of hydrogen-bond donors (Lipinski definition) is 0. The summed E-state index contributed by atoms with van der Waals surface area (Å²) in [5.41, 5.74) is 1.86. The second kappa shape index (κ2) is 11.6. The molecule has 38 heavy (non-hydrogen) atoms. The fraction of sp³-hybridized carbons (Fsp3) is 0.345. The molecule has 200 valence electrons.